The normalized spacial score (nSPS) is 18.8. The smallest absolute Gasteiger partial charge is 0.267 e. The van der Waals surface area contributed by atoms with Crippen molar-refractivity contribution < 1.29 is 44.1 Å². The van der Waals surface area contributed by atoms with E-state index < -0.39 is 35.5 Å². The van der Waals surface area contributed by atoms with Crippen LogP contribution in [0.2, 0.25) is 0 Å². The van der Waals surface area contributed by atoms with Crippen LogP contribution < -0.4 is 0 Å². The van der Waals surface area contributed by atoms with Crippen LogP contribution in [0.3, 0.4) is 0 Å². The Labute approximate surface area is 101 Å². The van der Waals surface area contributed by atoms with Gasteiger partial charge in [0.25, 0.3) is 0 Å². The first-order chi connectivity index (χ1) is 8.25. The molecule has 0 amide bonds. The summed E-state index contributed by atoms with van der Waals surface area (Å²) in [4.78, 5) is -0.535. The second-order valence-electron chi connectivity index (χ2n) is 3.98. The van der Waals surface area contributed by atoms with Crippen molar-refractivity contribution in [3.63, 3.8) is 0 Å². The first kappa shape index (κ1) is 15.9. The maximum Gasteiger partial charge on any atom is 0.464 e. The fraction of sp³-hybridized carbons (Fsp3) is 0.875. The summed E-state index contributed by atoms with van der Waals surface area (Å²) in [5.41, 5.74) is 0. The lowest BCUT2D eigenvalue weighted by Gasteiger charge is -2.33. The highest BCUT2D eigenvalue weighted by Crippen LogP contribution is 2.53. The highest BCUT2D eigenvalue weighted by molar-refractivity contribution is 5.51. The fourth-order valence-electron chi connectivity index (χ4n) is 1.38. The molecule has 0 radical (unpaired) electrons. The van der Waals surface area contributed by atoms with Crippen LogP contribution in [-0.2, 0) is 0 Å². The van der Waals surface area contributed by atoms with Crippen molar-refractivity contribution >= 4 is 6.34 Å². The van der Waals surface area contributed by atoms with E-state index in [1.165, 1.54) is 7.05 Å². The van der Waals surface area contributed by atoms with Crippen LogP contribution >= 0.6 is 0 Å². The summed E-state index contributed by atoms with van der Waals surface area (Å²) in [6.07, 6.45) is -6.42. The summed E-state index contributed by atoms with van der Waals surface area (Å²) < 4.78 is 114. The Kier molecular flexibility index (Phi) is 3.49. The van der Waals surface area contributed by atoms with Crippen molar-refractivity contribution in [1.29, 1.82) is 0 Å². The van der Waals surface area contributed by atoms with Gasteiger partial charge in [0.2, 0.25) is 6.34 Å². The van der Waals surface area contributed by atoms with Gasteiger partial charge in [-0.15, -0.1) is 0 Å². The maximum absolute atomic E-state index is 13.2. The van der Waals surface area contributed by atoms with Crippen LogP contribution in [0.25, 0.3) is 0 Å². The zero-order valence-electron chi connectivity index (χ0n) is 9.29. The summed E-state index contributed by atoms with van der Waals surface area (Å²) in [5, 5.41) is 0. The largest absolute Gasteiger partial charge is 0.464 e. The SMILES string of the molecule is C[N+]1=CN(C(F)(F)C(F)(F)C(F)(F)C(F)(F)F)CC1. The van der Waals surface area contributed by atoms with E-state index >= 15 is 0 Å². The van der Waals surface area contributed by atoms with E-state index in [0.717, 1.165) is 4.58 Å². The number of hydrogen-bond donors (Lipinski definition) is 0. The van der Waals surface area contributed by atoms with Crippen LogP contribution in [0.1, 0.15) is 0 Å². The molecule has 0 spiro atoms. The minimum atomic E-state index is -6.85. The third-order valence-corrected chi connectivity index (χ3v) is 2.52. The Hall–Kier alpha value is -1.16. The van der Waals surface area contributed by atoms with Gasteiger partial charge < -0.3 is 0 Å². The topological polar surface area (TPSA) is 6.25 Å². The van der Waals surface area contributed by atoms with E-state index in [2.05, 4.69) is 0 Å². The first-order valence-electron chi connectivity index (χ1n) is 4.77. The number of hydrogen-bond acceptors (Lipinski definition) is 1. The highest BCUT2D eigenvalue weighted by atomic mass is 19.4. The van der Waals surface area contributed by atoms with Crippen LogP contribution in [0.5, 0.6) is 0 Å². The molecule has 0 atom stereocenters. The summed E-state index contributed by atoms with van der Waals surface area (Å²) in [6.45, 7) is -1.00. The molecule has 2 nitrogen and oxygen atoms in total. The average Bonchev–Trinajstić information content (AvgIpc) is 2.63. The van der Waals surface area contributed by atoms with E-state index in [-0.39, 0.29) is 6.54 Å². The average molecular weight is 303 g/mol. The number of rotatable bonds is 3. The number of alkyl halides is 9. The second-order valence-corrected chi connectivity index (χ2v) is 3.98. The van der Waals surface area contributed by atoms with Crippen molar-refractivity contribution in [3.05, 3.63) is 0 Å². The summed E-state index contributed by atoms with van der Waals surface area (Å²) >= 11 is 0. The van der Waals surface area contributed by atoms with Gasteiger partial charge in [0.15, 0.2) is 0 Å². The molecule has 19 heavy (non-hydrogen) atoms. The molecule has 112 valence electrons. The van der Waals surface area contributed by atoms with Crippen LogP contribution in [0.15, 0.2) is 0 Å². The molecule has 0 aromatic carbocycles. The van der Waals surface area contributed by atoms with Crippen molar-refractivity contribution in [3.8, 4) is 0 Å². The zero-order chi connectivity index (χ0) is 15.3. The van der Waals surface area contributed by atoms with Gasteiger partial charge in [-0.3, -0.25) is 4.58 Å². The van der Waals surface area contributed by atoms with Gasteiger partial charge in [0, 0.05) is 0 Å². The molecule has 0 aliphatic carbocycles. The molecule has 0 saturated heterocycles. The van der Waals surface area contributed by atoms with E-state index in [4.69, 9.17) is 0 Å². The lowest BCUT2D eigenvalue weighted by atomic mass is 10.1. The third-order valence-electron chi connectivity index (χ3n) is 2.52. The molecule has 1 aliphatic heterocycles. The molecular formula is C8H8F9N2+. The van der Waals surface area contributed by atoms with Crippen molar-refractivity contribution in [2.75, 3.05) is 20.1 Å². The second kappa shape index (κ2) is 4.17. The standard InChI is InChI=1S/C8H8F9N2/c1-18-2-3-19(4-18)8(16,17)6(11,12)5(9,10)7(13,14)15/h4H,2-3H2,1H3/q+1. The van der Waals surface area contributed by atoms with Gasteiger partial charge in [-0.05, 0) is 0 Å². The Morgan fingerprint density at radius 2 is 1.37 bits per heavy atom. The van der Waals surface area contributed by atoms with Crippen LogP contribution in [0, 0.1) is 0 Å². The number of nitrogens with zero attached hydrogens (tertiary/aromatic N) is 2. The van der Waals surface area contributed by atoms with Gasteiger partial charge in [-0.25, -0.2) is 0 Å². The number of halogens is 9. The van der Waals surface area contributed by atoms with Gasteiger partial charge in [0.05, 0.1) is 7.05 Å². The first-order valence-corrected chi connectivity index (χ1v) is 4.77. The van der Waals surface area contributed by atoms with E-state index in [9.17, 15) is 39.5 Å². The molecule has 0 bridgehead atoms. The molecule has 1 rings (SSSR count). The molecule has 1 aliphatic rings. The van der Waals surface area contributed by atoms with Crippen LogP contribution in [-0.4, -0.2) is 60.0 Å². The molecule has 0 aromatic rings. The van der Waals surface area contributed by atoms with Crippen molar-refractivity contribution in [2.45, 2.75) is 24.1 Å². The molecule has 0 unspecified atom stereocenters. The zero-order valence-corrected chi connectivity index (χ0v) is 9.29. The molecule has 0 aromatic heterocycles. The highest BCUT2D eigenvalue weighted by Gasteiger charge is 2.85. The summed E-state index contributed by atoms with van der Waals surface area (Å²) in [6, 6.07) is -5.67. The number of likely N-dealkylation sites (N-methyl/N-ethyl adjacent to an activating group) is 1. The minimum absolute atomic E-state index is 0.205. The fourth-order valence-corrected chi connectivity index (χ4v) is 1.38. The van der Waals surface area contributed by atoms with Gasteiger partial charge in [-0.1, -0.05) is 0 Å². The lowest BCUT2D eigenvalue weighted by Crippen LogP contribution is -2.65. The Morgan fingerprint density at radius 1 is 0.895 bits per heavy atom. The molecule has 0 N–H and O–H groups in total. The third kappa shape index (κ3) is 2.22. The summed E-state index contributed by atoms with van der Waals surface area (Å²) in [7, 11) is 1.18. The quantitative estimate of drug-likeness (QED) is 0.441. The Bertz CT molecular complexity index is 384. The van der Waals surface area contributed by atoms with E-state index in [1.54, 1.807) is 0 Å². The van der Waals surface area contributed by atoms with Crippen molar-refractivity contribution in [1.82, 2.24) is 4.90 Å². The molecule has 0 saturated carbocycles. The minimum Gasteiger partial charge on any atom is -0.267 e. The Balaban J connectivity index is 3.18. The van der Waals surface area contributed by atoms with Gasteiger partial charge in [0.1, 0.15) is 13.1 Å². The Morgan fingerprint density at radius 3 is 1.68 bits per heavy atom. The molecule has 0 fully saturated rings. The monoisotopic (exact) mass is 303 g/mol. The molecule has 11 heteroatoms. The van der Waals surface area contributed by atoms with Crippen molar-refractivity contribution in [2.24, 2.45) is 0 Å². The lowest BCUT2D eigenvalue weighted by molar-refractivity contribution is -0.482. The van der Waals surface area contributed by atoms with Gasteiger partial charge >= 0.3 is 24.1 Å². The van der Waals surface area contributed by atoms with Gasteiger partial charge in [-0.2, -0.15) is 44.4 Å². The van der Waals surface area contributed by atoms with E-state index in [1.807, 2.05) is 0 Å². The maximum atomic E-state index is 13.2. The molecular weight excluding hydrogens is 295 g/mol. The molecule has 1 heterocycles. The van der Waals surface area contributed by atoms with Crippen LogP contribution in [0.4, 0.5) is 39.5 Å². The predicted octanol–water partition coefficient (Wildman–Crippen LogP) is 2.40. The van der Waals surface area contributed by atoms with E-state index in [0.29, 0.717) is 6.34 Å². The summed E-state index contributed by atoms with van der Waals surface area (Å²) in [5.74, 6) is -13.4. The predicted molar refractivity (Wildman–Crippen MR) is 44.7 cm³/mol.